The summed E-state index contributed by atoms with van der Waals surface area (Å²) in [5.74, 6) is -0.753. The second kappa shape index (κ2) is 10.5. The van der Waals surface area contributed by atoms with Crippen LogP contribution in [0.1, 0.15) is 56.3 Å². The average Bonchev–Trinajstić information content (AvgIpc) is 3.25. The van der Waals surface area contributed by atoms with E-state index in [1.807, 2.05) is 0 Å². The number of thiocarbonyl (C=S) groups is 1. The molecule has 1 saturated heterocycles. The molecule has 1 aliphatic heterocycles. The van der Waals surface area contributed by atoms with Crippen LogP contribution >= 0.6 is 12.2 Å². The van der Waals surface area contributed by atoms with Crippen LogP contribution in [-0.2, 0) is 17.1 Å². The Kier molecular flexibility index (Phi) is 8.11. The van der Waals surface area contributed by atoms with E-state index in [4.69, 9.17) is 12.2 Å². The van der Waals surface area contributed by atoms with Gasteiger partial charge in [0.15, 0.2) is 5.11 Å². The van der Waals surface area contributed by atoms with Gasteiger partial charge in [-0.05, 0) is 66.4 Å². The average molecular weight is 550 g/mol. The van der Waals surface area contributed by atoms with E-state index in [1.165, 1.54) is 12.1 Å². The highest BCUT2D eigenvalue weighted by molar-refractivity contribution is 7.80. The maximum atomic E-state index is 13.6. The Bertz CT molecular complexity index is 1110. The van der Waals surface area contributed by atoms with Gasteiger partial charge in [-0.2, -0.15) is 26.3 Å². The molecule has 4 nitrogen and oxygen atoms in total. The number of amides is 1. The molecule has 2 N–H and O–H groups in total. The molecule has 2 aromatic rings. The van der Waals surface area contributed by atoms with Crippen LogP contribution in [0.3, 0.4) is 0 Å². The van der Waals surface area contributed by atoms with Crippen molar-refractivity contribution in [1.82, 2.24) is 10.2 Å². The molecule has 1 amide bonds. The molecule has 3 rings (SSSR count). The number of hydrogen-bond donors (Lipinski definition) is 2. The van der Waals surface area contributed by atoms with Crippen molar-refractivity contribution in [2.24, 2.45) is 5.41 Å². The van der Waals surface area contributed by atoms with E-state index in [0.717, 1.165) is 5.56 Å². The summed E-state index contributed by atoms with van der Waals surface area (Å²) >= 11 is 5.19. The topological polar surface area (TPSA) is 44.4 Å². The Balaban J connectivity index is 1.84. The summed E-state index contributed by atoms with van der Waals surface area (Å²) in [6, 6.07) is 5.60. The zero-order chi connectivity index (χ0) is 27.8. The van der Waals surface area contributed by atoms with Gasteiger partial charge in [0.25, 0.3) is 0 Å². The lowest BCUT2D eigenvalue weighted by Crippen LogP contribution is -2.55. The fourth-order valence-corrected chi connectivity index (χ4v) is 4.44. The summed E-state index contributed by atoms with van der Waals surface area (Å²) in [6.07, 6.45) is -8.66. The minimum absolute atomic E-state index is 0.0199. The van der Waals surface area contributed by atoms with Crippen molar-refractivity contribution in [2.75, 3.05) is 11.9 Å². The van der Waals surface area contributed by atoms with Crippen LogP contribution < -0.4 is 10.6 Å². The molecule has 2 aromatic carbocycles. The summed E-state index contributed by atoms with van der Waals surface area (Å²) in [5.41, 5.74) is -3.48. The van der Waals surface area contributed by atoms with Crippen LogP contribution in [0.2, 0.25) is 0 Å². The summed E-state index contributed by atoms with van der Waals surface area (Å²) in [4.78, 5) is 15.2. The van der Waals surface area contributed by atoms with Crippen LogP contribution in [0.15, 0.2) is 42.5 Å². The molecular formula is C25H26F7N3OS. The first-order valence-corrected chi connectivity index (χ1v) is 11.8. The molecule has 1 heterocycles. The first kappa shape index (κ1) is 28.7. The van der Waals surface area contributed by atoms with Crippen LogP contribution in [0, 0.1) is 11.2 Å². The third-order valence-corrected chi connectivity index (χ3v) is 6.24. The van der Waals surface area contributed by atoms with Crippen molar-refractivity contribution in [3.8, 4) is 0 Å². The number of alkyl halides is 6. The molecule has 2 atom stereocenters. The van der Waals surface area contributed by atoms with E-state index in [9.17, 15) is 35.5 Å². The highest BCUT2D eigenvalue weighted by Crippen LogP contribution is 2.38. The van der Waals surface area contributed by atoms with Crippen LogP contribution in [-0.4, -0.2) is 28.5 Å². The molecule has 0 radical (unpaired) electrons. The molecule has 0 aromatic heterocycles. The van der Waals surface area contributed by atoms with Crippen molar-refractivity contribution in [3.63, 3.8) is 0 Å². The van der Waals surface area contributed by atoms with E-state index in [-0.39, 0.29) is 23.1 Å². The molecule has 37 heavy (non-hydrogen) atoms. The maximum absolute atomic E-state index is 13.6. The van der Waals surface area contributed by atoms with E-state index in [2.05, 4.69) is 10.6 Å². The summed E-state index contributed by atoms with van der Waals surface area (Å²) in [6.45, 7) is 5.68. The second-order valence-electron chi connectivity index (χ2n) is 9.93. The highest BCUT2D eigenvalue weighted by Gasteiger charge is 2.40. The smallest absolute Gasteiger partial charge is 0.350 e. The Morgan fingerprint density at radius 1 is 0.973 bits per heavy atom. The molecular weight excluding hydrogens is 523 g/mol. The molecule has 1 fully saturated rings. The van der Waals surface area contributed by atoms with Gasteiger partial charge >= 0.3 is 12.4 Å². The number of carbonyl (C=O) groups is 1. The number of benzene rings is 2. The third-order valence-electron chi connectivity index (χ3n) is 6.02. The van der Waals surface area contributed by atoms with Crippen LogP contribution in [0.5, 0.6) is 0 Å². The quantitative estimate of drug-likeness (QED) is 0.321. The van der Waals surface area contributed by atoms with Gasteiger partial charge in [0.2, 0.25) is 5.91 Å². The molecule has 0 aliphatic carbocycles. The van der Waals surface area contributed by atoms with Gasteiger partial charge in [0.1, 0.15) is 11.9 Å². The predicted molar refractivity (Wildman–Crippen MR) is 129 cm³/mol. The highest BCUT2D eigenvalue weighted by atomic mass is 32.1. The van der Waals surface area contributed by atoms with E-state index in [1.54, 1.807) is 37.8 Å². The summed E-state index contributed by atoms with van der Waals surface area (Å²) in [7, 11) is 0. The van der Waals surface area contributed by atoms with Gasteiger partial charge in [-0.3, -0.25) is 4.79 Å². The van der Waals surface area contributed by atoms with Gasteiger partial charge in [-0.25, -0.2) is 4.39 Å². The van der Waals surface area contributed by atoms with Crippen molar-refractivity contribution < 1.29 is 35.5 Å². The van der Waals surface area contributed by atoms with Gasteiger partial charge in [-0.1, -0.05) is 32.9 Å². The fraction of sp³-hybridized carbons (Fsp3) is 0.440. The first-order valence-electron chi connectivity index (χ1n) is 11.4. The third kappa shape index (κ3) is 7.12. The zero-order valence-electron chi connectivity index (χ0n) is 20.2. The summed E-state index contributed by atoms with van der Waals surface area (Å²) < 4.78 is 92.6. The van der Waals surface area contributed by atoms with Crippen molar-refractivity contribution in [2.45, 2.75) is 58.0 Å². The largest absolute Gasteiger partial charge is 0.416 e. The number of anilines is 1. The van der Waals surface area contributed by atoms with Crippen LogP contribution in [0.4, 0.5) is 36.4 Å². The minimum atomic E-state index is -5.01. The Hall–Kier alpha value is -2.89. The molecule has 1 aliphatic rings. The number of rotatable bonds is 4. The molecule has 202 valence electrons. The zero-order valence-corrected chi connectivity index (χ0v) is 21.0. The lowest BCUT2D eigenvalue weighted by molar-refractivity contribution is -0.143. The number of halogens is 7. The summed E-state index contributed by atoms with van der Waals surface area (Å²) in [5, 5.41) is 4.85. The van der Waals surface area contributed by atoms with Gasteiger partial charge < -0.3 is 15.5 Å². The number of hydrogen-bond acceptors (Lipinski definition) is 2. The Morgan fingerprint density at radius 3 is 2.00 bits per heavy atom. The number of carbonyl (C=O) groups excluding carboxylic acids is 1. The van der Waals surface area contributed by atoms with Crippen molar-refractivity contribution in [3.05, 3.63) is 65.0 Å². The molecule has 12 heteroatoms. The maximum Gasteiger partial charge on any atom is 0.416 e. The van der Waals surface area contributed by atoms with Gasteiger partial charge in [-0.15, -0.1) is 0 Å². The monoisotopic (exact) mass is 549 g/mol. The van der Waals surface area contributed by atoms with Gasteiger partial charge in [0.05, 0.1) is 17.2 Å². The molecule has 0 spiro atoms. The lowest BCUT2D eigenvalue weighted by Gasteiger charge is -2.36. The predicted octanol–water partition coefficient (Wildman–Crippen LogP) is 6.93. The Labute approximate surface area is 215 Å². The Morgan fingerprint density at radius 2 is 1.51 bits per heavy atom. The van der Waals surface area contributed by atoms with E-state index < -0.39 is 46.4 Å². The number of nitrogens with one attached hydrogen (secondary N) is 2. The van der Waals surface area contributed by atoms with E-state index >= 15 is 0 Å². The fourth-order valence-electron chi connectivity index (χ4n) is 4.20. The minimum Gasteiger partial charge on any atom is -0.350 e. The van der Waals surface area contributed by atoms with Crippen LogP contribution in [0.25, 0.3) is 0 Å². The van der Waals surface area contributed by atoms with E-state index in [0.29, 0.717) is 31.5 Å². The first-order chi connectivity index (χ1) is 17.0. The number of nitrogens with zero attached hydrogens (tertiary/aromatic N) is 1. The van der Waals surface area contributed by atoms with Crippen molar-refractivity contribution in [1.29, 1.82) is 0 Å². The van der Waals surface area contributed by atoms with Gasteiger partial charge in [0, 0.05) is 12.2 Å². The second-order valence-corrected chi connectivity index (χ2v) is 10.3. The molecule has 2 unspecified atom stereocenters. The van der Waals surface area contributed by atoms with Crippen molar-refractivity contribution >= 4 is 28.9 Å². The molecule has 0 saturated carbocycles. The normalized spacial score (nSPS) is 17.5. The standard InChI is InChI=1S/C25H26F7N3OS/c1-23(2,3)20(21(36)35-10-4-5-19(35)14-6-8-17(26)9-7-14)34-22(37)33-18-12-15(24(27,28)29)11-16(13-18)25(30,31)32/h6-9,11-13,19-20H,4-5,10H2,1-3H3,(H2,33,34,37). The number of likely N-dealkylation sites (tertiary alicyclic amines) is 1. The molecule has 0 bridgehead atoms. The SMILES string of the molecule is CC(C)(C)C(NC(=S)Nc1cc(C(F)(F)F)cc(C(F)(F)F)c1)C(=O)N1CCCC1c1ccc(F)cc1. The lowest BCUT2D eigenvalue weighted by atomic mass is 9.85.